The minimum Gasteiger partial charge on any atom is -0.496 e. The molecule has 0 aliphatic rings. The number of aryl methyl sites for hydroxylation is 2. The van der Waals surface area contributed by atoms with Gasteiger partial charge in [-0.25, -0.2) is 0 Å². The van der Waals surface area contributed by atoms with Crippen molar-refractivity contribution >= 4 is 11.7 Å². The fourth-order valence-corrected chi connectivity index (χ4v) is 1.77. The van der Waals surface area contributed by atoms with Crippen LogP contribution in [0.5, 0.6) is 5.75 Å². The van der Waals surface area contributed by atoms with Crippen LogP contribution in [0.3, 0.4) is 0 Å². The zero-order valence-electron chi connectivity index (χ0n) is 11.3. The maximum atomic E-state index is 11.1. The van der Waals surface area contributed by atoms with Crippen LogP contribution in [0.15, 0.2) is 12.1 Å². The molecule has 0 unspecified atom stereocenters. The monoisotopic (exact) mass is 249 g/mol. The summed E-state index contributed by atoms with van der Waals surface area (Å²) in [6.07, 6.45) is 0.704. The summed E-state index contributed by atoms with van der Waals surface area (Å²) in [4.78, 5) is 21.9. The Bertz CT molecular complexity index is 466. The van der Waals surface area contributed by atoms with E-state index in [1.54, 1.807) is 7.11 Å². The first-order valence-corrected chi connectivity index (χ1v) is 5.88. The average molecular weight is 249 g/mol. The third-order valence-corrected chi connectivity index (χ3v) is 2.85. The van der Waals surface area contributed by atoms with Crippen molar-refractivity contribution in [2.24, 2.45) is 0 Å². The van der Waals surface area contributed by atoms with E-state index in [-0.39, 0.29) is 0 Å². The molecular formula is C14H19NO3. The summed E-state index contributed by atoms with van der Waals surface area (Å²) in [5, 5.41) is 2.59. The molecule has 1 amide bonds. The van der Waals surface area contributed by atoms with E-state index in [0.717, 1.165) is 22.4 Å². The largest absolute Gasteiger partial charge is 0.496 e. The Morgan fingerprint density at radius 2 is 1.89 bits per heavy atom. The molecule has 0 saturated heterocycles. The second-order valence-corrected chi connectivity index (χ2v) is 4.31. The normalized spacial score (nSPS) is 10.0. The first kappa shape index (κ1) is 14.2. The molecule has 4 nitrogen and oxygen atoms in total. The molecule has 1 aromatic carbocycles. The smallest absolute Gasteiger partial charge is 0.287 e. The molecule has 1 aromatic rings. The van der Waals surface area contributed by atoms with Crippen LogP contribution in [-0.4, -0.2) is 25.3 Å². The number of nitrogens with one attached hydrogen (secondary N) is 1. The lowest BCUT2D eigenvalue weighted by molar-refractivity contribution is -0.136. The van der Waals surface area contributed by atoms with Gasteiger partial charge in [0, 0.05) is 13.5 Å². The van der Waals surface area contributed by atoms with Gasteiger partial charge in [0.05, 0.1) is 7.11 Å². The molecule has 0 atom stereocenters. The van der Waals surface area contributed by atoms with Gasteiger partial charge in [0.25, 0.3) is 5.91 Å². The van der Waals surface area contributed by atoms with Gasteiger partial charge in [0.2, 0.25) is 5.78 Å². The van der Waals surface area contributed by atoms with E-state index in [1.807, 2.05) is 26.0 Å². The number of ketones is 1. The molecule has 0 fully saturated rings. The van der Waals surface area contributed by atoms with Gasteiger partial charge in [-0.15, -0.1) is 0 Å². The van der Waals surface area contributed by atoms with Crippen molar-refractivity contribution in [2.75, 3.05) is 13.7 Å². The van der Waals surface area contributed by atoms with Crippen molar-refractivity contribution in [3.63, 3.8) is 0 Å². The fourth-order valence-electron chi connectivity index (χ4n) is 1.77. The highest BCUT2D eigenvalue weighted by Crippen LogP contribution is 2.22. The second-order valence-electron chi connectivity index (χ2n) is 4.31. The number of carbonyl (C=O) groups is 2. The molecule has 0 bridgehead atoms. The molecule has 0 aliphatic heterocycles. The topological polar surface area (TPSA) is 55.4 Å². The third-order valence-electron chi connectivity index (χ3n) is 2.85. The highest BCUT2D eigenvalue weighted by molar-refractivity contribution is 6.35. The number of carbonyl (C=O) groups excluding carboxylic acids is 2. The van der Waals surface area contributed by atoms with Crippen LogP contribution in [0.25, 0.3) is 0 Å². The summed E-state index contributed by atoms with van der Waals surface area (Å²) in [6.45, 7) is 5.71. The lowest BCUT2D eigenvalue weighted by atomic mass is 10.0. The Balaban J connectivity index is 2.66. The van der Waals surface area contributed by atoms with Crippen molar-refractivity contribution in [2.45, 2.75) is 27.2 Å². The summed E-state index contributed by atoms with van der Waals surface area (Å²) in [7, 11) is 1.65. The maximum absolute atomic E-state index is 11.1. The van der Waals surface area contributed by atoms with Gasteiger partial charge in [0.1, 0.15) is 5.75 Å². The third kappa shape index (κ3) is 3.58. The van der Waals surface area contributed by atoms with E-state index < -0.39 is 11.7 Å². The second kappa shape index (κ2) is 6.19. The Hall–Kier alpha value is -1.84. The van der Waals surface area contributed by atoms with E-state index >= 15 is 0 Å². The van der Waals surface area contributed by atoms with Gasteiger partial charge >= 0.3 is 0 Å². The number of amides is 1. The van der Waals surface area contributed by atoms with E-state index in [0.29, 0.717) is 13.0 Å². The van der Waals surface area contributed by atoms with Crippen LogP contribution in [0, 0.1) is 13.8 Å². The molecule has 1 N–H and O–H groups in total. The first-order valence-electron chi connectivity index (χ1n) is 5.88. The molecule has 0 aromatic heterocycles. The summed E-state index contributed by atoms with van der Waals surface area (Å²) >= 11 is 0. The quantitative estimate of drug-likeness (QED) is 0.806. The van der Waals surface area contributed by atoms with Crippen molar-refractivity contribution < 1.29 is 14.3 Å². The Labute approximate surface area is 107 Å². The molecular weight excluding hydrogens is 230 g/mol. The number of benzene rings is 1. The summed E-state index contributed by atoms with van der Waals surface area (Å²) < 4.78 is 5.24. The Morgan fingerprint density at radius 1 is 1.22 bits per heavy atom. The van der Waals surface area contributed by atoms with Gasteiger partial charge in [0.15, 0.2) is 0 Å². The zero-order chi connectivity index (χ0) is 13.7. The average Bonchev–Trinajstić information content (AvgIpc) is 2.32. The molecule has 98 valence electrons. The van der Waals surface area contributed by atoms with Gasteiger partial charge in [-0.05, 0) is 43.0 Å². The van der Waals surface area contributed by atoms with E-state index in [9.17, 15) is 9.59 Å². The molecule has 4 heteroatoms. The van der Waals surface area contributed by atoms with Gasteiger partial charge in [-0.3, -0.25) is 9.59 Å². The van der Waals surface area contributed by atoms with Crippen molar-refractivity contribution in [1.29, 1.82) is 0 Å². The molecule has 0 heterocycles. The summed E-state index contributed by atoms with van der Waals surface area (Å²) in [5.74, 6) is -0.125. The fraction of sp³-hybridized carbons (Fsp3) is 0.429. The van der Waals surface area contributed by atoms with Crippen molar-refractivity contribution in [1.82, 2.24) is 5.32 Å². The van der Waals surface area contributed by atoms with Crippen LogP contribution in [-0.2, 0) is 16.0 Å². The Kier molecular flexibility index (Phi) is 4.89. The van der Waals surface area contributed by atoms with E-state index in [1.165, 1.54) is 6.92 Å². The van der Waals surface area contributed by atoms with Crippen LogP contribution in [0.1, 0.15) is 23.6 Å². The number of rotatable bonds is 5. The van der Waals surface area contributed by atoms with Crippen LogP contribution in [0.2, 0.25) is 0 Å². The van der Waals surface area contributed by atoms with Crippen LogP contribution in [0.4, 0.5) is 0 Å². The molecule has 0 aliphatic carbocycles. The predicted octanol–water partition coefficient (Wildman–Crippen LogP) is 1.56. The van der Waals surface area contributed by atoms with Gasteiger partial charge in [-0.2, -0.15) is 0 Å². The van der Waals surface area contributed by atoms with Crippen LogP contribution >= 0.6 is 0 Å². The molecule has 0 radical (unpaired) electrons. The number of ether oxygens (including phenoxy) is 1. The zero-order valence-corrected chi connectivity index (χ0v) is 11.3. The highest BCUT2D eigenvalue weighted by atomic mass is 16.5. The molecule has 1 rings (SSSR count). The van der Waals surface area contributed by atoms with Gasteiger partial charge in [-0.1, -0.05) is 6.07 Å². The Morgan fingerprint density at radius 3 is 2.44 bits per heavy atom. The van der Waals surface area contributed by atoms with Crippen molar-refractivity contribution in [3.05, 3.63) is 28.8 Å². The SMILES string of the molecule is COc1cc(C)c(CCNC(=O)C(C)=O)cc1C. The number of hydrogen-bond acceptors (Lipinski definition) is 3. The molecule has 18 heavy (non-hydrogen) atoms. The van der Waals surface area contributed by atoms with E-state index in [2.05, 4.69) is 5.32 Å². The number of Topliss-reactive ketones (excluding diaryl/α,β-unsaturated/α-hetero) is 1. The molecule has 0 saturated carbocycles. The standard InChI is InChI=1S/C14H19NO3/c1-9-8-13(18-4)10(2)7-12(9)5-6-15-14(17)11(3)16/h7-8H,5-6H2,1-4H3,(H,15,17). The summed E-state index contributed by atoms with van der Waals surface area (Å²) in [6, 6.07) is 4.03. The van der Waals surface area contributed by atoms with Gasteiger partial charge < -0.3 is 10.1 Å². The minimum absolute atomic E-state index is 0.461. The maximum Gasteiger partial charge on any atom is 0.287 e. The van der Waals surface area contributed by atoms with E-state index in [4.69, 9.17) is 4.74 Å². The summed E-state index contributed by atoms with van der Waals surface area (Å²) in [5.41, 5.74) is 3.34. The van der Waals surface area contributed by atoms with Crippen LogP contribution < -0.4 is 10.1 Å². The van der Waals surface area contributed by atoms with Crippen molar-refractivity contribution in [3.8, 4) is 5.75 Å². The number of hydrogen-bond donors (Lipinski definition) is 1. The predicted molar refractivity (Wildman–Crippen MR) is 69.9 cm³/mol. The lowest BCUT2D eigenvalue weighted by Crippen LogP contribution is -2.30. The number of methoxy groups -OCH3 is 1. The molecule has 0 spiro atoms. The highest BCUT2D eigenvalue weighted by Gasteiger charge is 2.08. The lowest BCUT2D eigenvalue weighted by Gasteiger charge is -2.11. The first-order chi connectivity index (χ1) is 8.45. The minimum atomic E-state index is -0.530.